The van der Waals surface area contributed by atoms with Gasteiger partial charge in [-0.15, -0.1) is 0 Å². The van der Waals surface area contributed by atoms with E-state index in [-0.39, 0.29) is 6.61 Å². The van der Waals surface area contributed by atoms with Gasteiger partial charge in [0.05, 0.1) is 0 Å². The monoisotopic (exact) mass is 323 g/mol. The fourth-order valence-electron chi connectivity index (χ4n) is 2.19. The Labute approximate surface area is 142 Å². The molecule has 0 radical (unpaired) electrons. The maximum Gasteiger partial charge on any atom is 0.407 e. The standard InChI is InChI=1S/C20H21NO3/c1-16-13-17(10-11-19(16)14-22)7-5-6-12-21-20(23)24-15-18-8-3-2-4-9-18/h2-5,7-11,13-14H,6,12,15H2,1H3,(H,21,23). The zero-order valence-electron chi connectivity index (χ0n) is 13.7. The third kappa shape index (κ3) is 5.72. The molecule has 0 heterocycles. The molecule has 24 heavy (non-hydrogen) atoms. The lowest BCUT2D eigenvalue weighted by molar-refractivity contribution is 0.112. The Balaban J connectivity index is 1.67. The predicted octanol–water partition coefficient (Wildman–Crippen LogP) is 4.14. The van der Waals surface area contributed by atoms with Crippen molar-refractivity contribution >= 4 is 18.5 Å². The minimum atomic E-state index is -0.418. The van der Waals surface area contributed by atoms with Gasteiger partial charge in [-0.05, 0) is 30.0 Å². The summed E-state index contributed by atoms with van der Waals surface area (Å²) in [5.74, 6) is 0. The lowest BCUT2D eigenvalue weighted by Gasteiger charge is -2.06. The number of alkyl carbamates (subject to hydrolysis) is 1. The van der Waals surface area contributed by atoms with Crippen LogP contribution >= 0.6 is 0 Å². The molecule has 0 saturated carbocycles. The average Bonchev–Trinajstić information content (AvgIpc) is 2.61. The first-order chi connectivity index (χ1) is 11.7. The van der Waals surface area contributed by atoms with Crippen LogP contribution in [0.15, 0.2) is 54.6 Å². The van der Waals surface area contributed by atoms with Crippen molar-refractivity contribution < 1.29 is 14.3 Å². The summed E-state index contributed by atoms with van der Waals surface area (Å²) in [6.07, 6.45) is 5.09. The SMILES string of the molecule is Cc1cc(C=CCCNC(=O)OCc2ccccc2)ccc1C=O. The molecule has 0 saturated heterocycles. The van der Waals surface area contributed by atoms with Crippen molar-refractivity contribution in [2.45, 2.75) is 20.0 Å². The quantitative estimate of drug-likeness (QED) is 0.615. The third-order valence-corrected chi connectivity index (χ3v) is 3.52. The van der Waals surface area contributed by atoms with Gasteiger partial charge in [-0.3, -0.25) is 4.79 Å². The van der Waals surface area contributed by atoms with Crippen LogP contribution in [-0.4, -0.2) is 18.9 Å². The Morgan fingerprint density at radius 2 is 1.96 bits per heavy atom. The van der Waals surface area contributed by atoms with Crippen molar-refractivity contribution in [2.24, 2.45) is 0 Å². The molecule has 0 aliphatic rings. The number of carbonyl (C=O) groups excluding carboxylic acids is 2. The first-order valence-corrected chi connectivity index (χ1v) is 7.86. The third-order valence-electron chi connectivity index (χ3n) is 3.52. The van der Waals surface area contributed by atoms with Crippen LogP contribution in [0.2, 0.25) is 0 Å². The Kier molecular flexibility index (Phi) is 6.77. The van der Waals surface area contributed by atoms with Crippen molar-refractivity contribution in [3.63, 3.8) is 0 Å². The van der Waals surface area contributed by atoms with E-state index in [1.165, 1.54) is 0 Å². The van der Waals surface area contributed by atoms with E-state index in [0.717, 1.165) is 23.0 Å². The molecular formula is C20H21NO3. The van der Waals surface area contributed by atoms with E-state index in [1.807, 2.05) is 61.5 Å². The molecule has 2 aromatic rings. The van der Waals surface area contributed by atoms with E-state index in [0.29, 0.717) is 18.5 Å². The highest BCUT2D eigenvalue weighted by molar-refractivity contribution is 5.77. The second kappa shape index (κ2) is 9.30. The minimum Gasteiger partial charge on any atom is -0.445 e. The van der Waals surface area contributed by atoms with Crippen LogP contribution in [0.1, 0.15) is 33.5 Å². The van der Waals surface area contributed by atoms with Gasteiger partial charge in [0.2, 0.25) is 0 Å². The summed E-state index contributed by atoms with van der Waals surface area (Å²) in [5, 5.41) is 2.71. The minimum absolute atomic E-state index is 0.269. The van der Waals surface area contributed by atoms with Crippen LogP contribution in [0.25, 0.3) is 6.08 Å². The van der Waals surface area contributed by atoms with Crippen LogP contribution in [0.3, 0.4) is 0 Å². The molecule has 1 amide bonds. The summed E-state index contributed by atoms with van der Waals surface area (Å²) in [5.41, 5.74) is 3.65. The van der Waals surface area contributed by atoms with Gasteiger partial charge in [-0.2, -0.15) is 0 Å². The largest absolute Gasteiger partial charge is 0.445 e. The fraction of sp³-hybridized carbons (Fsp3) is 0.200. The molecule has 124 valence electrons. The summed E-state index contributed by atoms with van der Waals surface area (Å²) >= 11 is 0. The molecule has 2 rings (SSSR count). The summed E-state index contributed by atoms with van der Waals surface area (Å²) in [6, 6.07) is 15.2. The van der Waals surface area contributed by atoms with Gasteiger partial charge in [-0.1, -0.05) is 60.7 Å². The topological polar surface area (TPSA) is 55.4 Å². The lowest BCUT2D eigenvalue weighted by atomic mass is 10.1. The number of nitrogens with one attached hydrogen (secondary N) is 1. The van der Waals surface area contributed by atoms with Gasteiger partial charge >= 0.3 is 6.09 Å². The molecular weight excluding hydrogens is 302 g/mol. The Hall–Kier alpha value is -2.88. The zero-order valence-corrected chi connectivity index (χ0v) is 13.7. The first-order valence-electron chi connectivity index (χ1n) is 7.86. The van der Waals surface area contributed by atoms with Crippen molar-refractivity contribution in [1.29, 1.82) is 0 Å². The summed E-state index contributed by atoms with van der Waals surface area (Å²) in [6.45, 7) is 2.69. The van der Waals surface area contributed by atoms with Crippen LogP contribution in [-0.2, 0) is 11.3 Å². The van der Waals surface area contributed by atoms with Gasteiger partial charge in [0.15, 0.2) is 0 Å². The van der Waals surface area contributed by atoms with Gasteiger partial charge in [0, 0.05) is 12.1 Å². The second-order valence-electron chi connectivity index (χ2n) is 5.41. The van der Waals surface area contributed by atoms with Crippen LogP contribution < -0.4 is 5.32 Å². The van der Waals surface area contributed by atoms with E-state index >= 15 is 0 Å². The maximum absolute atomic E-state index is 11.6. The lowest BCUT2D eigenvalue weighted by Crippen LogP contribution is -2.24. The highest BCUT2D eigenvalue weighted by Crippen LogP contribution is 2.10. The number of aryl methyl sites for hydroxylation is 1. The number of hydrogen-bond acceptors (Lipinski definition) is 3. The molecule has 2 aromatic carbocycles. The van der Waals surface area contributed by atoms with Gasteiger partial charge in [-0.25, -0.2) is 4.79 Å². The number of benzene rings is 2. The van der Waals surface area contributed by atoms with E-state index < -0.39 is 6.09 Å². The van der Waals surface area contributed by atoms with Crippen LogP contribution in [0.4, 0.5) is 4.79 Å². The molecule has 0 unspecified atom stereocenters. The van der Waals surface area contributed by atoms with Crippen molar-refractivity contribution in [2.75, 3.05) is 6.54 Å². The summed E-state index contributed by atoms with van der Waals surface area (Å²) < 4.78 is 5.13. The second-order valence-corrected chi connectivity index (χ2v) is 5.41. The summed E-state index contributed by atoms with van der Waals surface area (Å²) in [7, 11) is 0. The first kappa shape index (κ1) is 17.5. The van der Waals surface area contributed by atoms with Gasteiger partial charge in [0.1, 0.15) is 12.9 Å². The molecule has 0 bridgehead atoms. The predicted molar refractivity (Wildman–Crippen MR) is 94.8 cm³/mol. The van der Waals surface area contributed by atoms with E-state index in [2.05, 4.69) is 5.32 Å². The van der Waals surface area contributed by atoms with E-state index in [4.69, 9.17) is 4.74 Å². The van der Waals surface area contributed by atoms with E-state index in [1.54, 1.807) is 6.07 Å². The molecule has 0 aliphatic heterocycles. The smallest absolute Gasteiger partial charge is 0.407 e. The van der Waals surface area contributed by atoms with Gasteiger partial charge < -0.3 is 10.1 Å². The highest BCUT2D eigenvalue weighted by atomic mass is 16.5. The van der Waals surface area contributed by atoms with Crippen LogP contribution in [0, 0.1) is 6.92 Å². The number of hydrogen-bond donors (Lipinski definition) is 1. The number of rotatable bonds is 7. The molecule has 1 N–H and O–H groups in total. The Bertz CT molecular complexity index is 708. The van der Waals surface area contributed by atoms with Crippen molar-refractivity contribution in [1.82, 2.24) is 5.32 Å². The summed E-state index contributed by atoms with van der Waals surface area (Å²) in [4.78, 5) is 22.3. The molecule has 0 fully saturated rings. The number of aldehydes is 1. The molecule has 4 nitrogen and oxygen atoms in total. The van der Waals surface area contributed by atoms with Crippen molar-refractivity contribution in [3.05, 3.63) is 76.9 Å². The Morgan fingerprint density at radius 3 is 2.67 bits per heavy atom. The molecule has 0 atom stereocenters. The number of amides is 1. The molecule has 4 heteroatoms. The van der Waals surface area contributed by atoms with Crippen molar-refractivity contribution in [3.8, 4) is 0 Å². The highest BCUT2D eigenvalue weighted by Gasteiger charge is 2.01. The average molecular weight is 323 g/mol. The van der Waals surface area contributed by atoms with Gasteiger partial charge in [0.25, 0.3) is 0 Å². The van der Waals surface area contributed by atoms with E-state index in [9.17, 15) is 9.59 Å². The maximum atomic E-state index is 11.6. The molecule has 0 aliphatic carbocycles. The number of carbonyl (C=O) groups is 2. The fourth-order valence-corrected chi connectivity index (χ4v) is 2.19. The van der Waals surface area contributed by atoms with Crippen LogP contribution in [0.5, 0.6) is 0 Å². The zero-order chi connectivity index (χ0) is 17.2. The Morgan fingerprint density at radius 1 is 1.17 bits per heavy atom. The molecule has 0 spiro atoms. The molecule has 0 aromatic heterocycles. The normalized spacial score (nSPS) is 10.5. The number of ether oxygens (including phenoxy) is 1.